The van der Waals surface area contributed by atoms with Crippen molar-refractivity contribution in [1.29, 1.82) is 0 Å². The van der Waals surface area contributed by atoms with Crippen LogP contribution in [0.15, 0.2) is 18.2 Å². The van der Waals surface area contributed by atoms with Crippen molar-refractivity contribution in [2.24, 2.45) is 11.7 Å². The Morgan fingerprint density at radius 2 is 2.33 bits per heavy atom. The summed E-state index contributed by atoms with van der Waals surface area (Å²) in [5.41, 5.74) is 7.08. The van der Waals surface area contributed by atoms with Crippen molar-refractivity contribution in [3.8, 4) is 11.5 Å². The first-order chi connectivity index (χ1) is 7.20. The van der Waals surface area contributed by atoms with E-state index in [1.54, 1.807) is 7.11 Å². The topological polar surface area (TPSA) is 44.5 Å². The van der Waals surface area contributed by atoms with Crippen molar-refractivity contribution in [3.63, 3.8) is 0 Å². The molecule has 0 fully saturated rings. The zero-order chi connectivity index (χ0) is 10.8. The highest BCUT2D eigenvalue weighted by molar-refractivity contribution is 5.41. The highest BCUT2D eigenvalue weighted by Gasteiger charge is 2.22. The van der Waals surface area contributed by atoms with Crippen LogP contribution in [0.1, 0.15) is 12.5 Å². The average Bonchev–Trinajstić information content (AvgIpc) is 2.27. The first-order valence-corrected chi connectivity index (χ1v) is 5.26. The molecule has 3 heteroatoms. The Labute approximate surface area is 90.2 Å². The normalized spacial score (nSPS) is 21.4. The Hall–Kier alpha value is -1.22. The molecule has 0 bridgehead atoms. The van der Waals surface area contributed by atoms with E-state index in [4.69, 9.17) is 15.2 Å². The number of hydrogen-bond acceptors (Lipinski definition) is 3. The number of ether oxygens (including phenoxy) is 2. The highest BCUT2D eigenvalue weighted by Crippen LogP contribution is 2.31. The predicted molar refractivity (Wildman–Crippen MR) is 59.3 cm³/mol. The molecule has 0 amide bonds. The zero-order valence-corrected chi connectivity index (χ0v) is 9.19. The molecule has 0 aromatic heterocycles. The summed E-state index contributed by atoms with van der Waals surface area (Å²) in [6.07, 6.45) is 0.976. The Balaban J connectivity index is 2.23. The highest BCUT2D eigenvalue weighted by atomic mass is 16.5. The molecular formula is C12H17NO2. The fourth-order valence-corrected chi connectivity index (χ4v) is 1.86. The number of nitrogens with two attached hydrogens (primary N) is 1. The molecule has 15 heavy (non-hydrogen) atoms. The Morgan fingerprint density at radius 3 is 3.00 bits per heavy atom. The van der Waals surface area contributed by atoms with Gasteiger partial charge in [-0.25, -0.2) is 0 Å². The van der Waals surface area contributed by atoms with Gasteiger partial charge in [-0.2, -0.15) is 0 Å². The summed E-state index contributed by atoms with van der Waals surface area (Å²) in [6.45, 7) is 2.75. The lowest BCUT2D eigenvalue weighted by Gasteiger charge is -2.27. The van der Waals surface area contributed by atoms with Gasteiger partial charge in [0.2, 0.25) is 0 Å². The molecule has 3 nitrogen and oxygen atoms in total. The van der Waals surface area contributed by atoms with Crippen molar-refractivity contribution < 1.29 is 9.47 Å². The van der Waals surface area contributed by atoms with Gasteiger partial charge in [-0.1, -0.05) is 0 Å². The molecule has 1 aliphatic heterocycles. The lowest BCUT2D eigenvalue weighted by atomic mass is 9.92. The van der Waals surface area contributed by atoms with Crippen LogP contribution in [-0.4, -0.2) is 19.8 Å². The molecule has 1 aromatic rings. The van der Waals surface area contributed by atoms with E-state index in [1.165, 1.54) is 5.56 Å². The minimum atomic E-state index is 0.171. The molecule has 0 saturated heterocycles. The van der Waals surface area contributed by atoms with Gasteiger partial charge < -0.3 is 15.2 Å². The van der Waals surface area contributed by atoms with Gasteiger partial charge in [0.25, 0.3) is 0 Å². The van der Waals surface area contributed by atoms with Gasteiger partial charge in [-0.3, -0.25) is 0 Å². The SMILES string of the molecule is COc1ccc2c(c1)CC(C(C)N)CO2. The summed E-state index contributed by atoms with van der Waals surface area (Å²) in [6, 6.07) is 6.09. The van der Waals surface area contributed by atoms with Gasteiger partial charge in [-0.05, 0) is 37.1 Å². The van der Waals surface area contributed by atoms with Crippen LogP contribution in [0.2, 0.25) is 0 Å². The Bertz CT molecular complexity index is 349. The average molecular weight is 207 g/mol. The van der Waals surface area contributed by atoms with E-state index < -0.39 is 0 Å². The molecule has 2 atom stereocenters. The van der Waals surface area contributed by atoms with E-state index in [0.717, 1.165) is 24.5 Å². The maximum absolute atomic E-state index is 5.88. The van der Waals surface area contributed by atoms with Crippen molar-refractivity contribution >= 4 is 0 Å². The summed E-state index contributed by atoms with van der Waals surface area (Å²) in [5.74, 6) is 2.25. The zero-order valence-electron chi connectivity index (χ0n) is 9.19. The van der Waals surface area contributed by atoms with Gasteiger partial charge >= 0.3 is 0 Å². The molecule has 1 aliphatic rings. The van der Waals surface area contributed by atoms with Crippen LogP contribution in [0.25, 0.3) is 0 Å². The van der Waals surface area contributed by atoms with Crippen LogP contribution in [-0.2, 0) is 6.42 Å². The first-order valence-electron chi connectivity index (χ1n) is 5.26. The lowest BCUT2D eigenvalue weighted by Crippen LogP contribution is -2.35. The summed E-state index contributed by atoms with van der Waals surface area (Å²) in [4.78, 5) is 0. The number of rotatable bonds is 2. The summed E-state index contributed by atoms with van der Waals surface area (Å²) in [7, 11) is 1.68. The quantitative estimate of drug-likeness (QED) is 0.801. The Kier molecular flexibility index (Phi) is 2.82. The number of methoxy groups -OCH3 is 1. The van der Waals surface area contributed by atoms with Gasteiger partial charge in [0.1, 0.15) is 11.5 Å². The third kappa shape index (κ3) is 2.07. The second-order valence-corrected chi connectivity index (χ2v) is 4.11. The molecule has 2 rings (SSSR count). The van der Waals surface area contributed by atoms with Gasteiger partial charge in [0, 0.05) is 12.0 Å². The molecule has 0 radical (unpaired) electrons. The summed E-state index contributed by atoms with van der Waals surface area (Å²) in [5, 5.41) is 0. The van der Waals surface area contributed by atoms with Crippen molar-refractivity contribution in [2.75, 3.05) is 13.7 Å². The van der Waals surface area contributed by atoms with Crippen LogP contribution in [0, 0.1) is 5.92 Å². The van der Waals surface area contributed by atoms with Crippen LogP contribution in [0.5, 0.6) is 11.5 Å². The van der Waals surface area contributed by atoms with Crippen LogP contribution < -0.4 is 15.2 Å². The molecule has 1 aromatic carbocycles. The maximum atomic E-state index is 5.88. The van der Waals surface area contributed by atoms with Crippen molar-refractivity contribution in [3.05, 3.63) is 23.8 Å². The summed E-state index contributed by atoms with van der Waals surface area (Å²) < 4.78 is 10.9. The molecular weight excluding hydrogens is 190 g/mol. The minimum Gasteiger partial charge on any atom is -0.497 e. The fourth-order valence-electron chi connectivity index (χ4n) is 1.86. The van der Waals surface area contributed by atoms with Crippen molar-refractivity contribution in [1.82, 2.24) is 0 Å². The predicted octanol–water partition coefficient (Wildman–Crippen LogP) is 1.59. The molecule has 1 heterocycles. The molecule has 0 spiro atoms. The van der Waals surface area contributed by atoms with E-state index >= 15 is 0 Å². The van der Waals surface area contributed by atoms with E-state index in [1.807, 2.05) is 25.1 Å². The fraction of sp³-hybridized carbons (Fsp3) is 0.500. The smallest absolute Gasteiger partial charge is 0.122 e. The molecule has 0 saturated carbocycles. The second kappa shape index (κ2) is 4.11. The van der Waals surface area contributed by atoms with Crippen LogP contribution in [0.4, 0.5) is 0 Å². The molecule has 2 unspecified atom stereocenters. The minimum absolute atomic E-state index is 0.171. The van der Waals surface area contributed by atoms with Gasteiger partial charge in [0.05, 0.1) is 13.7 Å². The van der Waals surface area contributed by atoms with E-state index in [9.17, 15) is 0 Å². The molecule has 0 aliphatic carbocycles. The largest absolute Gasteiger partial charge is 0.497 e. The summed E-state index contributed by atoms with van der Waals surface area (Å²) >= 11 is 0. The molecule has 2 N–H and O–H groups in total. The molecule has 82 valence electrons. The Morgan fingerprint density at radius 1 is 1.53 bits per heavy atom. The third-order valence-electron chi connectivity index (χ3n) is 2.95. The lowest BCUT2D eigenvalue weighted by molar-refractivity contribution is 0.204. The van der Waals surface area contributed by atoms with E-state index in [2.05, 4.69) is 0 Å². The van der Waals surface area contributed by atoms with Crippen LogP contribution in [0.3, 0.4) is 0 Å². The second-order valence-electron chi connectivity index (χ2n) is 4.11. The van der Waals surface area contributed by atoms with Gasteiger partial charge in [0.15, 0.2) is 0 Å². The third-order valence-corrected chi connectivity index (χ3v) is 2.95. The standard InChI is InChI=1S/C12H17NO2/c1-8(13)10-5-9-6-11(14-2)3-4-12(9)15-7-10/h3-4,6,8,10H,5,7,13H2,1-2H3. The van der Waals surface area contributed by atoms with Crippen LogP contribution >= 0.6 is 0 Å². The van der Waals surface area contributed by atoms with E-state index in [0.29, 0.717) is 5.92 Å². The number of benzene rings is 1. The number of fused-ring (bicyclic) bond motifs is 1. The van der Waals surface area contributed by atoms with E-state index in [-0.39, 0.29) is 6.04 Å². The number of hydrogen-bond donors (Lipinski definition) is 1. The monoisotopic (exact) mass is 207 g/mol. The first kappa shape index (κ1) is 10.3. The maximum Gasteiger partial charge on any atom is 0.122 e. The van der Waals surface area contributed by atoms with Crippen molar-refractivity contribution in [2.45, 2.75) is 19.4 Å². The van der Waals surface area contributed by atoms with Gasteiger partial charge in [-0.15, -0.1) is 0 Å².